The van der Waals surface area contributed by atoms with Crippen LogP contribution in [0.5, 0.6) is 0 Å². The summed E-state index contributed by atoms with van der Waals surface area (Å²) in [5.74, 6) is -0.952. The van der Waals surface area contributed by atoms with Crippen LogP contribution < -0.4 is 0 Å². The molecule has 0 saturated carbocycles. The van der Waals surface area contributed by atoms with Gasteiger partial charge in [-0.15, -0.1) is 0 Å². The summed E-state index contributed by atoms with van der Waals surface area (Å²) in [4.78, 5) is 25.8. The van der Waals surface area contributed by atoms with E-state index in [1.807, 2.05) is 36.5 Å². The van der Waals surface area contributed by atoms with Gasteiger partial charge >= 0.3 is 11.9 Å². The Morgan fingerprint density at radius 2 is 0.889 bits per heavy atom. The molecule has 11 atom stereocenters. The van der Waals surface area contributed by atoms with Crippen LogP contribution in [0, 0.1) is 0 Å². The van der Waals surface area contributed by atoms with E-state index in [9.17, 15) is 45.3 Å². The molecule has 2 heterocycles. The molecule has 0 radical (unpaired) electrons. The van der Waals surface area contributed by atoms with E-state index in [1.54, 1.807) is 0 Å². The molecule has 0 amide bonds. The van der Waals surface area contributed by atoms with Crippen LogP contribution in [0.2, 0.25) is 0 Å². The lowest BCUT2D eigenvalue weighted by Crippen LogP contribution is -2.61. The SMILES string of the molecule is CC/C=C/C=C/C=C/C=C/CCCCCCCC(=O)OC[C@H](CO[C@H]1O[C@@H](CO[C@H]2O[C@@H](CO)[C@@H](O)C(O)C2O)[C@@H](O)C(O)C1O)OC(=O)CCCCCCCCCCCCC/C=C/CCCCCCCC. The lowest BCUT2D eigenvalue weighted by atomic mass is 9.98. The van der Waals surface area contributed by atoms with Crippen LogP contribution in [0.15, 0.2) is 60.8 Å². The molecule has 0 spiro atoms. The second-order valence-electron chi connectivity index (χ2n) is 19.5. The van der Waals surface area contributed by atoms with Crippen molar-refractivity contribution in [1.29, 1.82) is 0 Å². The quantitative estimate of drug-likeness (QED) is 0.0131. The maximum atomic E-state index is 13.1. The normalized spacial score (nSPS) is 25.5. The van der Waals surface area contributed by atoms with Crippen LogP contribution in [0.25, 0.3) is 0 Å². The fraction of sp³-hybridized carbons (Fsp3) is 0.789. The molecule has 2 aliphatic heterocycles. The Bertz CT molecular complexity index is 1480. The van der Waals surface area contributed by atoms with Gasteiger partial charge in [-0.2, -0.15) is 0 Å². The summed E-state index contributed by atoms with van der Waals surface area (Å²) in [6.07, 6.45) is 33.8. The van der Waals surface area contributed by atoms with Crippen molar-refractivity contribution in [2.45, 2.75) is 261 Å². The Morgan fingerprint density at radius 3 is 1.42 bits per heavy atom. The van der Waals surface area contributed by atoms with Crippen LogP contribution in [-0.4, -0.2) is 142 Å². The number of hydrogen-bond donors (Lipinski definition) is 7. The van der Waals surface area contributed by atoms with Gasteiger partial charge in [0.25, 0.3) is 0 Å². The standard InChI is InChI=1S/C57H98O15/c1-3-5-7-9-11-13-15-17-19-20-21-22-23-24-26-28-30-32-34-36-38-40-49(60)70-45(42-67-48(59)39-37-35-33-31-29-27-25-18-16-14-12-10-8-6-4-2)43-68-56-55(66)53(64)51(62)47(72-56)44-69-57-54(65)52(63)50(61)46(41-58)71-57/h6,8,10,12,14,16-19,25,45-47,50-58,61-66H,3-5,7,9,11,13,15,20-24,26-44H2,1-2H3/b8-6+,12-10+,16-14+,19-17+,25-18+/t45-,46+,47+,50-,51-,52?,53?,54?,55?,56+,57+/m1/s1. The van der Waals surface area contributed by atoms with E-state index in [2.05, 4.69) is 38.2 Å². The van der Waals surface area contributed by atoms with Crippen LogP contribution >= 0.6 is 0 Å². The number of hydrogen-bond acceptors (Lipinski definition) is 15. The van der Waals surface area contributed by atoms with E-state index in [0.29, 0.717) is 12.8 Å². The minimum atomic E-state index is -1.77. The Balaban J connectivity index is 1.77. The highest BCUT2D eigenvalue weighted by Crippen LogP contribution is 2.26. The van der Waals surface area contributed by atoms with Crippen molar-refractivity contribution < 1.29 is 73.8 Å². The van der Waals surface area contributed by atoms with Crippen molar-refractivity contribution in [3.8, 4) is 0 Å². The average Bonchev–Trinajstić information content (AvgIpc) is 3.37. The molecule has 4 unspecified atom stereocenters. The van der Waals surface area contributed by atoms with Gasteiger partial charge in [0.15, 0.2) is 18.7 Å². The first kappa shape index (κ1) is 65.3. The van der Waals surface area contributed by atoms with Crippen LogP contribution in [0.3, 0.4) is 0 Å². The Kier molecular flexibility index (Phi) is 39.4. The Labute approximate surface area is 432 Å². The third-order valence-electron chi connectivity index (χ3n) is 13.1. The number of rotatable bonds is 43. The first-order valence-electron chi connectivity index (χ1n) is 27.9. The van der Waals surface area contributed by atoms with Gasteiger partial charge in [0.2, 0.25) is 0 Å². The number of carbonyl (C=O) groups is 2. The Morgan fingerprint density at radius 1 is 0.458 bits per heavy atom. The number of ether oxygens (including phenoxy) is 6. The molecule has 416 valence electrons. The molecular formula is C57H98O15. The van der Waals surface area contributed by atoms with Crippen LogP contribution in [0.1, 0.15) is 194 Å². The largest absolute Gasteiger partial charge is 0.462 e. The Hall–Kier alpha value is -2.80. The summed E-state index contributed by atoms with van der Waals surface area (Å²) < 4.78 is 33.6. The third kappa shape index (κ3) is 30.5. The highest BCUT2D eigenvalue weighted by Gasteiger charge is 2.47. The molecule has 0 aliphatic carbocycles. The minimum absolute atomic E-state index is 0.157. The van der Waals surface area contributed by atoms with Crippen molar-refractivity contribution >= 4 is 11.9 Å². The molecule has 72 heavy (non-hydrogen) atoms. The topological polar surface area (TPSA) is 231 Å². The number of unbranched alkanes of at least 4 members (excludes halogenated alkanes) is 22. The molecule has 2 fully saturated rings. The first-order valence-corrected chi connectivity index (χ1v) is 27.9. The lowest BCUT2D eigenvalue weighted by Gasteiger charge is -2.42. The smallest absolute Gasteiger partial charge is 0.306 e. The fourth-order valence-corrected chi connectivity index (χ4v) is 8.52. The van der Waals surface area contributed by atoms with Crippen molar-refractivity contribution in [2.75, 3.05) is 26.4 Å². The van der Waals surface area contributed by atoms with Gasteiger partial charge in [-0.25, -0.2) is 0 Å². The molecule has 0 bridgehead atoms. The molecule has 7 N–H and O–H groups in total. The molecule has 15 heteroatoms. The molecule has 0 aromatic carbocycles. The summed E-state index contributed by atoms with van der Waals surface area (Å²) >= 11 is 0. The zero-order valence-electron chi connectivity index (χ0n) is 44.1. The summed E-state index contributed by atoms with van der Waals surface area (Å²) in [7, 11) is 0. The van der Waals surface area contributed by atoms with E-state index >= 15 is 0 Å². The molecule has 2 aliphatic rings. The van der Waals surface area contributed by atoms with E-state index in [0.717, 1.165) is 57.8 Å². The number of carbonyl (C=O) groups excluding carboxylic acids is 2. The number of allylic oxidation sites excluding steroid dienone is 10. The maximum absolute atomic E-state index is 13.1. The predicted molar refractivity (Wildman–Crippen MR) is 280 cm³/mol. The zero-order valence-corrected chi connectivity index (χ0v) is 44.1. The van der Waals surface area contributed by atoms with Crippen molar-refractivity contribution in [3.63, 3.8) is 0 Å². The van der Waals surface area contributed by atoms with Gasteiger partial charge in [-0.05, 0) is 57.8 Å². The predicted octanol–water partition coefficient (Wildman–Crippen LogP) is 8.83. The summed E-state index contributed by atoms with van der Waals surface area (Å²) in [6, 6.07) is 0. The molecule has 0 aromatic rings. The minimum Gasteiger partial charge on any atom is -0.462 e. The van der Waals surface area contributed by atoms with Gasteiger partial charge in [0.1, 0.15) is 55.4 Å². The highest BCUT2D eigenvalue weighted by atomic mass is 16.7. The van der Waals surface area contributed by atoms with Gasteiger partial charge in [-0.3, -0.25) is 9.59 Å². The van der Waals surface area contributed by atoms with Gasteiger partial charge < -0.3 is 64.2 Å². The van der Waals surface area contributed by atoms with Crippen LogP contribution in [-0.2, 0) is 38.0 Å². The highest BCUT2D eigenvalue weighted by molar-refractivity contribution is 5.70. The third-order valence-corrected chi connectivity index (χ3v) is 13.1. The zero-order chi connectivity index (χ0) is 52.4. The number of aliphatic hydroxyl groups excluding tert-OH is 7. The average molecular weight is 1020 g/mol. The van der Waals surface area contributed by atoms with E-state index in [4.69, 9.17) is 28.4 Å². The van der Waals surface area contributed by atoms with Crippen molar-refractivity contribution in [3.05, 3.63) is 60.8 Å². The van der Waals surface area contributed by atoms with E-state index in [1.165, 1.54) is 96.3 Å². The lowest BCUT2D eigenvalue weighted by molar-refractivity contribution is -0.332. The van der Waals surface area contributed by atoms with E-state index in [-0.39, 0.29) is 19.4 Å². The van der Waals surface area contributed by atoms with Crippen molar-refractivity contribution in [2.24, 2.45) is 0 Å². The van der Waals surface area contributed by atoms with Crippen molar-refractivity contribution in [1.82, 2.24) is 0 Å². The van der Waals surface area contributed by atoms with E-state index < -0.39 is 99.3 Å². The van der Waals surface area contributed by atoms with Gasteiger partial charge in [0.05, 0.1) is 19.8 Å². The molecule has 2 saturated heterocycles. The fourth-order valence-electron chi connectivity index (χ4n) is 8.52. The first-order chi connectivity index (χ1) is 35.0. The van der Waals surface area contributed by atoms with Gasteiger partial charge in [-0.1, -0.05) is 184 Å². The van der Waals surface area contributed by atoms with Crippen LogP contribution in [0.4, 0.5) is 0 Å². The maximum Gasteiger partial charge on any atom is 0.306 e. The molecule has 2 rings (SSSR count). The van der Waals surface area contributed by atoms with Gasteiger partial charge in [0, 0.05) is 12.8 Å². The monoisotopic (exact) mass is 1020 g/mol. The second kappa shape index (κ2) is 43.4. The molecular weight excluding hydrogens is 925 g/mol. The number of aliphatic hydroxyl groups is 7. The summed E-state index contributed by atoms with van der Waals surface area (Å²) in [5, 5.41) is 72.2. The molecule has 0 aromatic heterocycles. The molecule has 15 nitrogen and oxygen atoms in total. The second-order valence-corrected chi connectivity index (χ2v) is 19.5. The number of esters is 2. The summed E-state index contributed by atoms with van der Waals surface area (Å²) in [6.45, 7) is 2.43. The summed E-state index contributed by atoms with van der Waals surface area (Å²) in [5.41, 5.74) is 0.